The number of nitrogens with zero attached hydrogens (tertiary/aromatic N) is 2. The third kappa shape index (κ3) is 3.32. The van der Waals surface area contributed by atoms with Gasteiger partial charge in [0.05, 0.1) is 4.92 Å². The minimum atomic E-state index is -0.284. The summed E-state index contributed by atoms with van der Waals surface area (Å²) in [5, 5.41) is 11.0. The number of benzene rings is 1. The molecule has 0 aromatic heterocycles. The Balaban J connectivity index is 2.10. The van der Waals surface area contributed by atoms with Crippen LogP contribution in [-0.2, 0) is 6.54 Å². The van der Waals surface area contributed by atoms with E-state index in [1.54, 1.807) is 12.1 Å². The third-order valence-corrected chi connectivity index (χ3v) is 4.24. The molecule has 2 unspecified atom stereocenters. The smallest absolute Gasteiger partial charge is 0.273 e. The molecule has 2 atom stereocenters. The van der Waals surface area contributed by atoms with E-state index in [9.17, 15) is 10.1 Å². The maximum absolute atomic E-state index is 11.0. The molecule has 4 heteroatoms. The van der Waals surface area contributed by atoms with Crippen molar-refractivity contribution in [3.8, 4) is 0 Å². The molecule has 0 bridgehead atoms. The summed E-state index contributed by atoms with van der Waals surface area (Å²) in [6.07, 6.45) is 5.07. The van der Waals surface area contributed by atoms with Gasteiger partial charge in [0, 0.05) is 24.2 Å². The van der Waals surface area contributed by atoms with Crippen molar-refractivity contribution in [2.75, 3.05) is 7.05 Å². The maximum Gasteiger partial charge on any atom is 0.273 e. The molecule has 1 aliphatic carbocycles. The maximum atomic E-state index is 11.0. The first-order valence-electron chi connectivity index (χ1n) is 7.02. The van der Waals surface area contributed by atoms with E-state index in [2.05, 4.69) is 18.9 Å². The molecule has 1 fully saturated rings. The van der Waals surface area contributed by atoms with Crippen molar-refractivity contribution in [2.24, 2.45) is 5.92 Å². The van der Waals surface area contributed by atoms with Crippen LogP contribution in [0.5, 0.6) is 0 Å². The first-order valence-corrected chi connectivity index (χ1v) is 7.02. The van der Waals surface area contributed by atoms with Crippen molar-refractivity contribution in [3.63, 3.8) is 0 Å². The minimum absolute atomic E-state index is 0.234. The highest BCUT2D eigenvalue weighted by molar-refractivity contribution is 5.39. The van der Waals surface area contributed by atoms with Crippen molar-refractivity contribution in [1.82, 2.24) is 4.90 Å². The summed E-state index contributed by atoms with van der Waals surface area (Å²) in [6, 6.07) is 7.61. The Morgan fingerprint density at radius 3 is 2.68 bits per heavy atom. The summed E-state index contributed by atoms with van der Waals surface area (Å²) in [5.41, 5.74) is 1.05. The second kappa shape index (κ2) is 6.15. The molecule has 0 saturated heterocycles. The van der Waals surface area contributed by atoms with Crippen LogP contribution in [0.15, 0.2) is 24.3 Å². The van der Waals surface area contributed by atoms with Gasteiger partial charge in [0.25, 0.3) is 5.69 Å². The summed E-state index contributed by atoms with van der Waals surface area (Å²) >= 11 is 0. The molecule has 0 N–H and O–H groups in total. The molecule has 1 aromatic rings. The molecule has 0 spiro atoms. The predicted octanol–water partition coefficient (Wildman–Crippen LogP) is 3.61. The Kier molecular flexibility index (Phi) is 4.53. The van der Waals surface area contributed by atoms with Crippen molar-refractivity contribution < 1.29 is 4.92 Å². The number of para-hydroxylation sites is 1. The SMILES string of the molecule is CC1CCCCC1N(C)Cc1ccccc1[N+](=O)[O-]. The van der Waals surface area contributed by atoms with Crippen LogP contribution in [0.1, 0.15) is 38.2 Å². The van der Waals surface area contributed by atoms with Crippen LogP contribution in [-0.4, -0.2) is 22.9 Å². The molecule has 19 heavy (non-hydrogen) atoms. The van der Waals surface area contributed by atoms with Crippen LogP contribution < -0.4 is 0 Å². The number of nitro groups is 1. The topological polar surface area (TPSA) is 46.4 Å². The van der Waals surface area contributed by atoms with Crippen molar-refractivity contribution in [1.29, 1.82) is 0 Å². The Hall–Kier alpha value is -1.42. The lowest BCUT2D eigenvalue weighted by Crippen LogP contribution is -2.38. The van der Waals surface area contributed by atoms with E-state index >= 15 is 0 Å². The van der Waals surface area contributed by atoms with Gasteiger partial charge in [0.2, 0.25) is 0 Å². The van der Waals surface area contributed by atoms with Gasteiger partial charge in [-0.1, -0.05) is 38.0 Å². The van der Waals surface area contributed by atoms with Gasteiger partial charge in [-0.25, -0.2) is 0 Å². The normalized spacial score (nSPS) is 23.5. The summed E-state index contributed by atoms with van der Waals surface area (Å²) in [5.74, 6) is 0.682. The Bertz CT molecular complexity index is 448. The van der Waals surface area contributed by atoms with Gasteiger partial charge in [-0.15, -0.1) is 0 Å². The van der Waals surface area contributed by atoms with E-state index < -0.39 is 0 Å². The Morgan fingerprint density at radius 1 is 1.32 bits per heavy atom. The number of hydrogen-bond acceptors (Lipinski definition) is 3. The minimum Gasteiger partial charge on any atom is -0.299 e. The van der Waals surface area contributed by atoms with Crippen LogP contribution in [0, 0.1) is 16.0 Å². The van der Waals surface area contributed by atoms with Gasteiger partial charge in [-0.05, 0) is 25.8 Å². The molecule has 4 nitrogen and oxygen atoms in total. The predicted molar refractivity (Wildman–Crippen MR) is 76.0 cm³/mol. The van der Waals surface area contributed by atoms with E-state index in [0.29, 0.717) is 18.5 Å². The Morgan fingerprint density at radius 2 is 2.00 bits per heavy atom. The van der Waals surface area contributed by atoms with Gasteiger partial charge in [-0.2, -0.15) is 0 Å². The molecule has 104 valence electrons. The van der Waals surface area contributed by atoms with Crippen LogP contribution in [0.2, 0.25) is 0 Å². The summed E-state index contributed by atoms with van der Waals surface area (Å²) in [4.78, 5) is 13.0. The molecular weight excluding hydrogens is 240 g/mol. The second-order valence-corrected chi connectivity index (χ2v) is 5.63. The van der Waals surface area contributed by atoms with Crippen molar-refractivity contribution >= 4 is 5.69 Å². The van der Waals surface area contributed by atoms with Crippen molar-refractivity contribution in [2.45, 2.75) is 45.2 Å². The first kappa shape index (κ1) is 14.0. The molecule has 1 aliphatic rings. The van der Waals surface area contributed by atoms with Crippen molar-refractivity contribution in [3.05, 3.63) is 39.9 Å². The van der Waals surface area contributed by atoms with E-state index in [0.717, 1.165) is 5.56 Å². The average molecular weight is 262 g/mol. The van der Waals surface area contributed by atoms with E-state index in [1.165, 1.54) is 25.7 Å². The molecule has 1 saturated carbocycles. The van der Waals surface area contributed by atoms with Gasteiger partial charge < -0.3 is 0 Å². The highest BCUT2D eigenvalue weighted by atomic mass is 16.6. The molecule has 2 rings (SSSR count). The molecular formula is C15H22N2O2. The lowest BCUT2D eigenvalue weighted by molar-refractivity contribution is -0.385. The van der Waals surface area contributed by atoms with E-state index in [-0.39, 0.29) is 10.6 Å². The highest BCUT2D eigenvalue weighted by Gasteiger charge is 2.26. The van der Waals surface area contributed by atoms with Crippen LogP contribution in [0.25, 0.3) is 0 Å². The number of rotatable bonds is 4. The zero-order chi connectivity index (χ0) is 13.8. The quantitative estimate of drug-likeness (QED) is 0.615. The molecule has 0 radical (unpaired) electrons. The van der Waals surface area contributed by atoms with Gasteiger partial charge in [0.1, 0.15) is 0 Å². The fourth-order valence-electron chi connectivity index (χ4n) is 3.16. The number of nitro benzene ring substituents is 1. The monoisotopic (exact) mass is 262 g/mol. The first-order chi connectivity index (χ1) is 9.09. The molecule has 0 amide bonds. The average Bonchev–Trinajstić information content (AvgIpc) is 2.39. The second-order valence-electron chi connectivity index (χ2n) is 5.63. The largest absolute Gasteiger partial charge is 0.299 e. The fraction of sp³-hybridized carbons (Fsp3) is 0.600. The summed E-state index contributed by atoms with van der Waals surface area (Å²) in [7, 11) is 2.09. The zero-order valence-corrected chi connectivity index (χ0v) is 11.7. The molecule has 0 aliphatic heterocycles. The summed E-state index contributed by atoms with van der Waals surface area (Å²) in [6.45, 7) is 2.95. The van der Waals surface area contributed by atoms with Crippen LogP contribution in [0.4, 0.5) is 5.69 Å². The van der Waals surface area contributed by atoms with E-state index in [1.807, 2.05) is 12.1 Å². The van der Waals surface area contributed by atoms with Crippen LogP contribution >= 0.6 is 0 Å². The van der Waals surface area contributed by atoms with Gasteiger partial charge in [-0.3, -0.25) is 15.0 Å². The molecule has 1 aromatic carbocycles. The van der Waals surface area contributed by atoms with Crippen LogP contribution in [0.3, 0.4) is 0 Å². The number of hydrogen-bond donors (Lipinski definition) is 0. The fourth-order valence-corrected chi connectivity index (χ4v) is 3.16. The highest BCUT2D eigenvalue weighted by Crippen LogP contribution is 2.29. The van der Waals surface area contributed by atoms with E-state index in [4.69, 9.17) is 0 Å². The van der Waals surface area contributed by atoms with Gasteiger partial charge >= 0.3 is 0 Å². The lowest BCUT2D eigenvalue weighted by Gasteiger charge is -2.36. The summed E-state index contributed by atoms with van der Waals surface area (Å²) < 4.78 is 0. The lowest BCUT2D eigenvalue weighted by atomic mass is 9.85. The molecule has 0 heterocycles. The standard InChI is InChI=1S/C15H22N2O2/c1-12-7-3-5-9-14(12)16(2)11-13-8-4-6-10-15(13)17(18)19/h4,6,8,10,12,14H,3,5,7,9,11H2,1-2H3. The zero-order valence-electron chi connectivity index (χ0n) is 11.7. The third-order valence-electron chi connectivity index (χ3n) is 4.24. The van der Waals surface area contributed by atoms with Gasteiger partial charge in [0.15, 0.2) is 0 Å². The Labute approximate surface area is 114 Å².